The number of hydrogen-bond acceptors (Lipinski definition) is 5. The van der Waals surface area contributed by atoms with Gasteiger partial charge in [0.15, 0.2) is 11.0 Å². The lowest BCUT2D eigenvalue weighted by molar-refractivity contribution is 0.0990. The summed E-state index contributed by atoms with van der Waals surface area (Å²) >= 11 is 0. The van der Waals surface area contributed by atoms with E-state index < -0.39 is 10.0 Å². The molecule has 8 heteroatoms. The monoisotopic (exact) mass is 488 g/mol. The van der Waals surface area contributed by atoms with Gasteiger partial charge in [-0.1, -0.05) is 36.4 Å². The standard InChI is InChI=1S/C27H24N2O5S/c1-17-24(30)21-10-7-11-22(26(21)34-25(17)18-8-5-4-6-9-18)27(31)29-15-14-19-16-20(12-13-23(19)29)35(32,33)28(2)3/h4-13,16H,14-15H2,1-3H3. The number of benzene rings is 3. The quantitative estimate of drug-likeness (QED) is 0.429. The highest BCUT2D eigenvalue weighted by Crippen LogP contribution is 2.34. The van der Waals surface area contributed by atoms with Crippen molar-refractivity contribution in [2.24, 2.45) is 0 Å². The minimum absolute atomic E-state index is 0.180. The van der Waals surface area contributed by atoms with Crippen LogP contribution in [0.3, 0.4) is 0 Å². The molecule has 1 amide bonds. The zero-order valence-electron chi connectivity index (χ0n) is 19.6. The third-order valence-electron chi connectivity index (χ3n) is 6.38. The number of sulfonamides is 1. The van der Waals surface area contributed by atoms with E-state index >= 15 is 0 Å². The van der Waals surface area contributed by atoms with Crippen LogP contribution in [0.5, 0.6) is 0 Å². The molecule has 1 aliphatic heterocycles. The van der Waals surface area contributed by atoms with Crippen LogP contribution in [0, 0.1) is 6.92 Å². The smallest absolute Gasteiger partial charge is 0.262 e. The first kappa shape index (κ1) is 23.0. The number of anilines is 1. The van der Waals surface area contributed by atoms with E-state index in [2.05, 4.69) is 0 Å². The fourth-order valence-electron chi connectivity index (χ4n) is 4.45. The second kappa shape index (κ2) is 8.48. The Hall–Kier alpha value is -3.75. The molecule has 1 aromatic heterocycles. The van der Waals surface area contributed by atoms with Crippen LogP contribution in [-0.4, -0.2) is 39.3 Å². The molecule has 7 nitrogen and oxygen atoms in total. The van der Waals surface area contributed by atoms with Gasteiger partial charge in [0, 0.05) is 37.5 Å². The van der Waals surface area contributed by atoms with Crippen molar-refractivity contribution in [2.45, 2.75) is 18.2 Å². The fraction of sp³-hybridized carbons (Fsp3) is 0.185. The van der Waals surface area contributed by atoms with E-state index in [-0.39, 0.29) is 27.4 Å². The molecule has 0 saturated heterocycles. The minimum atomic E-state index is -3.58. The van der Waals surface area contributed by atoms with Gasteiger partial charge >= 0.3 is 0 Å². The first-order valence-electron chi connectivity index (χ1n) is 11.2. The molecular weight excluding hydrogens is 464 g/mol. The lowest BCUT2D eigenvalue weighted by Gasteiger charge is -2.19. The Morgan fingerprint density at radius 1 is 1.00 bits per heavy atom. The molecular formula is C27H24N2O5S. The van der Waals surface area contributed by atoms with Gasteiger partial charge in [0.1, 0.15) is 5.76 Å². The Morgan fingerprint density at radius 2 is 1.74 bits per heavy atom. The zero-order chi connectivity index (χ0) is 24.9. The second-order valence-corrected chi connectivity index (χ2v) is 10.9. The van der Waals surface area contributed by atoms with E-state index in [1.54, 1.807) is 42.2 Å². The third-order valence-corrected chi connectivity index (χ3v) is 8.19. The van der Waals surface area contributed by atoms with Gasteiger partial charge in [-0.2, -0.15) is 0 Å². The zero-order valence-corrected chi connectivity index (χ0v) is 20.4. The third kappa shape index (κ3) is 3.75. The lowest BCUT2D eigenvalue weighted by Crippen LogP contribution is -2.29. The minimum Gasteiger partial charge on any atom is -0.455 e. The number of amides is 1. The molecule has 1 aliphatic rings. The molecule has 4 aromatic rings. The van der Waals surface area contributed by atoms with Gasteiger partial charge < -0.3 is 9.32 Å². The van der Waals surface area contributed by atoms with Crippen molar-refractivity contribution < 1.29 is 17.6 Å². The highest BCUT2D eigenvalue weighted by Gasteiger charge is 2.30. The van der Waals surface area contributed by atoms with E-state index in [1.807, 2.05) is 30.3 Å². The normalized spacial score (nSPS) is 13.4. The van der Waals surface area contributed by atoms with E-state index in [1.165, 1.54) is 20.2 Å². The Morgan fingerprint density at radius 3 is 2.46 bits per heavy atom. The molecule has 0 saturated carbocycles. The lowest BCUT2D eigenvalue weighted by atomic mass is 10.0. The predicted octanol–water partition coefficient (Wildman–Crippen LogP) is 4.22. The maximum absolute atomic E-state index is 13.7. The summed E-state index contributed by atoms with van der Waals surface area (Å²) in [6.07, 6.45) is 0.529. The SMILES string of the molecule is Cc1c(-c2ccccc2)oc2c(C(=O)N3CCc4cc(S(=O)(=O)N(C)C)ccc43)cccc2c1=O. The summed E-state index contributed by atoms with van der Waals surface area (Å²) in [5, 5.41) is 0.347. The van der Waals surface area contributed by atoms with Crippen molar-refractivity contribution in [3.8, 4) is 11.3 Å². The Labute approximate surface area is 203 Å². The van der Waals surface area contributed by atoms with Crippen molar-refractivity contribution in [1.29, 1.82) is 0 Å². The van der Waals surface area contributed by atoms with Crippen molar-refractivity contribution in [3.63, 3.8) is 0 Å². The number of para-hydroxylation sites is 1. The Bertz CT molecular complexity index is 1640. The molecule has 3 aromatic carbocycles. The first-order chi connectivity index (χ1) is 16.7. The second-order valence-electron chi connectivity index (χ2n) is 8.72. The summed E-state index contributed by atoms with van der Waals surface area (Å²) in [6, 6.07) is 19.1. The van der Waals surface area contributed by atoms with Gasteiger partial charge in [0.2, 0.25) is 10.0 Å². The highest BCUT2D eigenvalue weighted by molar-refractivity contribution is 7.89. The van der Waals surface area contributed by atoms with E-state index in [0.29, 0.717) is 35.4 Å². The summed E-state index contributed by atoms with van der Waals surface area (Å²) in [5.74, 6) is 0.132. The molecule has 0 bridgehead atoms. The molecule has 0 N–H and O–H groups in total. The van der Waals surface area contributed by atoms with Crippen LogP contribution in [0.15, 0.2) is 80.8 Å². The van der Waals surface area contributed by atoms with Gasteiger partial charge in [-0.3, -0.25) is 9.59 Å². The maximum atomic E-state index is 13.7. The van der Waals surface area contributed by atoms with Gasteiger partial charge in [-0.05, 0) is 49.2 Å². The molecule has 35 heavy (non-hydrogen) atoms. The number of nitrogens with zero attached hydrogens (tertiary/aromatic N) is 2. The van der Waals surface area contributed by atoms with Crippen molar-refractivity contribution >= 4 is 32.6 Å². The summed E-state index contributed by atoms with van der Waals surface area (Å²) in [6.45, 7) is 2.12. The van der Waals surface area contributed by atoms with Crippen LogP contribution in [-0.2, 0) is 16.4 Å². The Balaban J connectivity index is 1.61. The average Bonchev–Trinajstić information content (AvgIpc) is 3.29. The van der Waals surface area contributed by atoms with Crippen LogP contribution in [0.25, 0.3) is 22.3 Å². The summed E-state index contributed by atoms with van der Waals surface area (Å²) in [4.78, 5) is 28.7. The van der Waals surface area contributed by atoms with Crippen molar-refractivity contribution in [1.82, 2.24) is 4.31 Å². The molecule has 2 heterocycles. The van der Waals surface area contributed by atoms with Gasteiger partial charge in [0.25, 0.3) is 5.91 Å². The topological polar surface area (TPSA) is 87.9 Å². The van der Waals surface area contributed by atoms with Gasteiger partial charge in [0.05, 0.1) is 15.8 Å². The Kier molecular flexibility index (Phi) is 5.57. The summed E-state index contributed by atoms with van der Waals surface area (Å²) in [5.41, 5.74) is 3.02. The van der Waals surface area contributed by atoms with Crippen LogP contribution >= 0.6 is 0 Å². The van der Waals surface area contributed by atoms with E-state index in [9.17, 15) is 18.0 Å². The number of hydrogen-bond donors (Lipinski definition) is 0. The van der Waals surface area contributed by atoms with E-state index in [4.69, 9.17) is 4.42 Å². The molecule has 0 fully saturated rings. The number of fused-ring (bicyclic) bond motifs is 2. The fourth-order valence-corrected chi connectivity index (χ4v) is 5.40. The molecule has 0 atom stereocenters. The predicted molar refractivity (Wildman–Crippen MR) is 135 cm³/mol. The molecule has 0 aliphatic carbocycles. The maximum Gasteiger partial charge on any atom is 0.262 e. The largest absolute Gasteiger partial charge is 0.455 e. The average molecular weight is 489 g/mol. The highest BCUT2D eigenvalue weighted by atomic mass is 32.2. The van der Waals surface area contributed by atoms with Crippen molar-refractivity contribution in [3.05, 3.63) is 93.6 Å². The van der Waals surface area contributed by atoms with Crippen LogP contribution < -0.4 is 10.3 Å². The first-order valence-corrected chi connectivity index (χ1v) is 12.6. The molecule has 0 spiro atoms. The van der Waals surface area contributed by atoms with Gasteiger partial charge in [-0.15, -0.1) is 0 Å². The van der Waals surface area contributed by atoms with Crippen LogP contribution in [0.1, 0.15) is 21.5 Å². The molecule has 0 unspecified atom stereocenters. The number of carbonyl (C=O) groups excluding carboxylic acids is 1. The van der Waals surface area contributed by atoms with Crippen molar-refractivity contribution in [2.75, 3.05) is 25.5 Å². The van der Waals surface area contributed by atoms with Gasteiger partial charge in [-0.25, -0.2) is 12.7 Å². The van der Waals surface area contributed by atoms with E-state index in [0.717, 1.165) is 15.4 Å². The number of rotatable bonds is 4. The number of carbonyl (C=O) groups is 1. The summed E-state index contributed by atoms with van der Waals surface area (Å²) < 4.78 is 32.4. The molecule has 178 valence electrons. The summed E-state index contributed by atoms with van der Waals surface area (Å²) in [7, 11) is -0.609. The van der Waals surface area contributed by atoms with Crippen LogP contribution in [0.4, 0.5) is 5.69 Å². The van der Waals surface area contributed by atoms with Crippen LogP contribution in [0.2, 0.25) is 0 Å². The molecule has 0 radical (unpaired) electrons. The molecule has 5 rings (SSSR count).